The Labute approximate surface area is 109 Å². The molecule has 0 saturated carbocycles. The van der Waals surface area contributed by atoms with Gasteiger partial charge in [0.25, 0.3) is 0 Å². The van der Waals surface area contributed by atoms with Gasteiger partial charge in [0.2, 0.25) is 0 Å². The Bertz CT molecular complexity index is 333. The van der Waals surface area contributed by atoms with Crippen LogP contribution in [0.5, 0.6) is 0 Å². The average molecular weight is 250 g/mol. The molecule has 0 spiro atoms. The van der Waals surface area contributed by atoms with Gasteiger partial charge in [-0.25, -0.2) is 0 Å². The van der Waals surface area contributed by atoms with Crippen molar-refractivity contribution in [3.63, 3.8) is 0 Å². The van der Waals surface area contributed by atoms with Crippen molar-refractivity contribution in [1.82, 2.24) is 4.90 Å². The van der Waals surface area contributed by atoms with Gasteiger partial charge in [-0.1, -0.05) is 18.2 Å². The molecular formula is C14H22N2O2. The van der Waals surface area contributed by atoms with Crippen molar-refractivity contribution in [2.45, 2.75) is 12.2 Å². The van der Waals surface area contributed by atoms with Gasteiger partial charge < -0.3 is 14.8 Å². The molecule has 0 amide bonds. The summed E-state index contributed by atoms with van der Waals surface area (Å²) in [6.45, 7) is 3.85. The van der Waals surface area contributed by atoms with Gasteiger partial charge in [0.15, 0.2) is 0 Å². The van der Waals surface area contributed by atoms with E-state index < -0.39 is 0 Å². The van der Waals surface area contributed by atoms with Crippen LogP contribution < -0.4 is 5.32 Å². The number of ether oxygens (including phenoxy) is 2. The Kier molecular flexibility index (Phi) is 4.99. The molecule has 1 aromatic rings. The molecule has 1 heterocycles. The third-order valence-electron chi connectivity index (χ3n) is 3.43. The average Bonchev–Trinajstić information content (AvgIpc) is 2.82. The van der Waals surface area contributed by atoms with Gasteiger partial charge in [0.1, 0.15) is 0 Å². The topological polar surface area (TPSA) is 33.7 Å². The van der Waals surface area contributed by atoms with Crippen LogP contribution in [0.25, 0.3) is 0 Å². The molecule has 100 valence electrons. The van der Waals surface area contributed by atoms with Crippen molar-refractivity contribution in [1.29, 1.82) is 0 Å². The molecule has 2 atom stereocenters. The number of para-hydroxylation sites is 1. The van der Waals surface area contributed by atoms with Crippen molar-refractivity contribution in [2.24, 2.45) is 0 Å². The molecule has 1 aliphatic rings. The Balaban J connectivity index is 1.72. The Morgan fingerprint density at radius 2 is 1.72 bits per heavy atom. The van der Waals surface area contributed by atoms with E-state index in [1.54, 1.807) is 14.2 Å². The maximum Gasteiger partial charge on any atom is 0.0971 e. The van der Waals surface area contributed by atoms with Gasteiger partial charge in [-0.3, -0.25) is 4.90 Å². The summed E-state index contributed by atoms with van der Waals surface area (Å²) < 4.78 is 10.8. The summed E-state index contributed by atoms with van der Waals surface area (Å²) in [6, 6.07) is 10.3. The molecule has 0 aliphatic carbocycles. The summed E-state index contributed by atoms with van der Waals surface area (Å²) in [6.07, 6.45) is 0.401. The third kappa shape index (κ3) is 3.45. The van der Waals surface area contributed by atoms with Crippen LogP contribution in [0.4, 0.5) is 5.69 Å². The molecule has 0 radical (unpaired) electrons. The van der Waals surface area contributed by atoms with Crippen LogP contribution in [0.2, 0.25) is 0 Å². The van der Waals surface area contributed by atoms with Crippen molar-refractivity contribution < 1.29 is 9.47 Å². The summed E-state index contributed by atoms with van der Waals surface area (Å²) in [5.74, 6) is 0. The minimum atomic E-state index is 0.201. The number of nitrogens with zero attached hydrogens (tertiary/aromatic N) is 1. The molecule has 1 saturated heterocycles. The standard InChI is InChI=1S/C14H22N2O2/c1-17-13-10-16(11-14(13)18-2)9-8-15-12-6-4-3-5-7-12/h3-7,13-15H,8-11H2,1-2H3. The number of hydrogen-bond donors (Lipinski definition) is 1. The molecule has 1 N–H and O–H groups in total. The number of rotatable bonds is 6. The fraction of sp³-hybridized carbons (Fsp3) is 0.571. The summed E-state index contributed by atoms with van der Waals surface area (Å²) >= 11 is 0. The van der Waals surface area contributed by atoms with Crippen molar-refractivity contribution >= 4 is 5.69 Å². The summed E-state index contributed by atoms with van der Waals surface area (Å²) in [7, 11) is 3.50. The molecule has 2 unspecified atom stereocenters. The molecular weight excluding hydrogens is 228 g/mol. The SMILES string of the molecule is COC1CN(CCNc2ccccc2)CC1OC. The van der Waals surface area contributed by atoms with E-state index in [0.717, 1.165) is 26.2 Å². The zero-order chi connectivity index (χ0) is 12.8. The second kappa shape index (κ2) is 6.73. The van der Waals surface area contributed by atoms with E-state index in [4.69, 9.17) is 9.47 Å². The zero-order valence-corrected chi connectivity index (χ0v) is 11.1. The van der Waals surface area contributed by atoms with Crippen molar-refractivity contribution in [3.05, 3.63) is 30.3 Å². The molecule has 4 heteroatoms. The predicted octanol–water partition coefficient (Wildman–Crippen LogP) is 1.44. The summed E-state index contributed by atoms with van der Waals surface area (Å²) in [4.78, 5) is 2.37. The fourth-order valence-electron chi connectivity index (χ4n) is 2.37. The van der Waals surface area contributed by atoms with E-state index in [0.29, 0.717) is 0 Å². The lowest BCUT2D eigenvalue weighted by molar-refractivity contribution is -0.00461. The van der Waals surface area contributed by atoms with Crippen LogP contribution in [0.15, 0.2) is 30.3 Å². The number of hydrogen-bond acceptors (Lipinski definition) is 4. The van der Waals surface area contributed by atoms with Gasteiger partial charge in [-0.2, -0.15) is 0 Å². The quantitative estimate of drug-likeness (QED) is 0.828. The highest BCUT2D eigenvalue weighted by Crippen LogP contribution is 2.15. The minimum absolute atomic E-state index is 0.201. The van der Waals surface area contributed by atoms with Crippen molar-refractivity contribution in [3.8, 4) is 0 Å². The fourth-order valence-corrected chi connectivity index (χ4v) is 2.37. The molecule has 1 aromatic carbocycles. The first-order valence-electron chi connectivity index (χ1n) is 6.40. The van der Waals surface area contributed by atoms with E-state index in [1.165, 1.54) is 5.69 Å². The Morgan fingerprint density at radius 1 is 1.11 bits per heavy atom. The third-order valence-corrected chi connectivity index (χ3v) is 3.43. The van der Waals surface area contributed by atoms with Crippen LogP contribution in [-0.4, -0.2) is 57.5 Å². The highest BCUT2D eigenvalue weighted by Gasteiger charge is 2.32. The van der Waals surface area contributed by atoms with E-state index >= 15 is 0 Å². The summed E-state index contributed by atoms with van der Waals surface area (Å²) in [5.41, 5.74) is 1.17. The van der Waals surface area contributed by atoms with Crippen LogP contribution in [-0.2, 0) is 9.47 Å². The van der Waals surface area contributed by atoms with Gasteiger partial charge >= 0.3 is 0 Å². The van der Waals surface area contributed by atoms with Crippen LogP contribution in [0.3, 0.4) is 0 Å². The number of anilines is 1. The first-order valence-corrected chi connectivity index (χ1v) is 6.40. The normalized spacial score (nSPS) is 24.3. The van der Waals surface area contributed by atoms with Crippen LogP contribution >= 0.6 is 0 Å². The lowest BCUT2D eigenvalue weighted by atomic mass is 10.3. The van der Waals surface area contributed by atoms with E-state index in [2.05, 4.69) is 22.3 Å². The van der Waals surface area contributed by atoms with Gasteiger partial charge in [-0.15, -0.1) is 0 Å². The van der Waals surface area contributed by atoms with Crippen LogP contribution in [0.1, 0.15) is 0 Å². The Hall–Kier alpha value is -1.10. The van der Waals surface area contributed by atoms with E-state index in [1.807, 2.05) is 18.2 Å². The second-order valence-corrected chi connectivity index (χ2v) is 4.60. The highest BCUT2D eigenvalue weighted by atomic mass is 16.5. The zero-order valence-electron chi connectivity index (χ0n) is 11.1. The highest BCUT2D eigenvalue weighted by molar-refractivity contribution is 5.42. The molecule has 2 rings (SSSR count). The maximum atomic E-state index is 5.42. The first-order chi connectivity index (χ1) is 8.83. The number of nitrogens with one attached hydrogen (secondary N) is 1. The molecule has 4 nitrogen and oxygen atoms in total. The lowest BCUT2D eigenvalue weighted by Crippen LogP contribution is -2.28. The van der Waals surface area contributed by atoms with Crippen molar-refractivity contribution in [2.75, 3.05) is 45.7 Å². The van der Waals surface area contributed by atoms with E-state index in [-0.39, 0.29) is 12.2 Å². The van der Waals surface area contributed by atoms with Gasteiger partial charge in [0, 0.05) is 46.1 Å². The molecule has 0 bridgehead atoms. The molecule has 18 heavy (non-hydrogen) atoms. The number of methoxy groups -OCH3 is 2. The monoisotopic (exact) mass is 250 g/mol. The summed E-state index contributed by atoms with van der Waals surface area (Å²) in [5, 5.41) is 3.41. The molecule has 1 fully saturated rings. The van der Waals surface area contributed by atoms with Gasteiger partial charge in [0.05, 0.1) is 12.2 Å². The predicted molar refractivity (Wildman–Crippen MR) is 73.0 cm³/mol. The second-order valence-electron chi connectivity index (χ2n) is 4.60. The van der Waals surface area contributed by atoms with E-state index in [9.17, 15) is 0 Å². The van der Waals surface area contributed by atoms with Crippen LogP contribution in [0, 0.1) is 0 Å². The Morgan fingerprint density at radius 3 is 2.28 bits per heavy atom. The molecule has 0 aromatic heterocycles. The smallest absolute Gasteiger partial charge is 0.0971 e. The molecule has 1 aliphatic heterocycles. The first kappa shape index (κ1) is 13.3. The van der Waals surface area contributed by atoms with Gasteiger partial charge in [-0.05, 0) is 12.1 Å². The minimum Gasteiger partial charge on any atom is -0.384 e. The number of benzene rings is 1. The lowest BCUT2D eigenvalue weighted by Gasteiger charge is -2.15. The maximum absolute atomic E-state index is 5.42. The number of likely N-dealkylation sites (tertiary alicyclic amines) is 1. The largest absolute Gasteiger partial charge is 0.384 e.